The molecule has 0 bridgehead atoms. The van der Waals surface area contributed by atoms with Crippen molar-refractivity contribution in [2.75, 3.05) is 35.2 Å². The van der Waals surface area contributed by atoms with Crippen LogP contribution in [0.5, 0.6) is 0 Å². The van der Waals surface area contributed by atoms with Crippen LogP contribution in [0, 0.1) is 11.6 Å². The van der Waals surface area contributed by atoms with Crippen LogP contribution < -0.4 is 24.6 Å². The maximum atomic E-state index is 13.5. The maximum Gasteiger partial charge on any atom is 2.00 e. The number of aliphatic hydroxyl groups excluding tert-OH is 4. The summed E-state index contributed by atoms with van der Waals surface area (Å²) in [5.41, 5.74) is 8.63. The summed E-state index contributed by atoms with van der Waals surface area (Å²) in [7, 11) is -4.67. The van der Waals surface area contributed by atoms with Crippen LogP contribution >= 0.6 is 0 Å². The van der Waals surface area contributed by atoms with Crippen molar-refractivity contribution in [2.24, 2.45) is 5.73 Å². The Hall–Kier alpha value is -4.56. The van der Waals surface area contributed by atoms with Crippen LogP contribution in [-0.2, 0) is 29.6 Å². The van der Waals surface area contributed by atoms with E-state index in [9.17, 15) is 65.8 Å². The SMILES string of the molecule is CC(C)N.CC(C)c1nc(N(C)S(C)(=O)=O)nc(-c2ccc(F)cc2)c1C=C[C@@H](O)C[C@@H](O)CC(=O)[O-].CC(C)c1nc(N(C)S(C)(=O)=O)nc(-c2ccc(F)cc2)c1C=C[C@@H](O)C[C@@H](O)CC(=O)[O-].[Ca+2]. The number of sulfonamides is 2. The van der Waals surface area contributed by atoms with Gasteiger partial charge in [-0.05, 0) is 66.4 Å². The third-order valence-electron chi connectivity index (χ3n) is 9.62. The number of benzene rings is 2. The van der Waals surface area contributed by atoms with E-state index in [1.54, 1.807) is 0 Å². The number of nitrogens with zero attached hydrogens (tertiary/aromatic N) is 6. The number of aliphatic hydroxyl groups is 4. The monoisotopic (exact) mass is 1060 g/mol. The van der Waals surface area contributed by atoms with Gasteiger partial charge in [0.15, 0.2) is 0 Å². The second-order valence-electron chi connectivity index (χ2n) is 17.2. The van der Waals surface area contributed by atoms with Crippen LogP contribution in [0.4, 0.5) is 20.7 Å². The van der Waals surface area contributed by atoms with Gasteiger partial charge in [-0.2, -0.15) is 0 Å². The number of carbonyl (C=O) groups excluding carboxylic acids is 2. The number of halogens is 2. The standard InChI is InChI=1S/2C22H28FN3O6S.C3H9N.Ca/c2*1-13(2)20-18(10-9-16(27)11-17(28)12-19(29)30)21(14-5-7-15(23)8-6-14)25-22(24-20)26(3)33(4,31)32;1-3(2)4;/h2*5-10,13,16-17,27-28H,11-12H2,1-4H3,(H,29,30);3H,4H2,1-2H3;/q;;;+2/p-2/t2*16-,17-;;/m11../s1. The van der Waals surface area contributed by atoms with Crippen molar-refractivity contribution in [3.05, 3.63) is 94.8 Å². The molecule has 4 atom stereocenters. The van der Waals surface area contributed by atoms with E-state index in [-0.39, 0.29) is 74.3 Å². The summed E-state index contributed by atoms with van der Waals surface area (Å²) < 4.78 is 77.1. The molecule has 19 nitrogen and oxygen atoms in total. The summed E-state index contributed by atoms with van der Waals surface area (Å²) >= 11 is 0. The smallest absolute Gasteiger partial charge is 0.550 e. The van der Waals surface area contributed by atoms with Crippen LogP contribution in [0.15, 0.2) is 60.7 Å². The van der Waals surface area contributed by atoms with Gasteiger partial charge in [0.25, 0.3) is 0 Å². The van der Waals surface area contributed by atoms with Crippen molar-refractivity contribution in [1.82, 2.24) is 19.9 Å². The fourth-order valence-corrected chi connectivity index (χ4v) is 6.83. The van der Waals surface area contributed by atoms with Crippen molar-refractivity contribution in [2.45, 2.75) is 110 Å². The zero-order valence-corrected chi connectivity index (χ0v) is 45.2. The molecule has 0 unspecified atom stereocenters. The maximum absolute atomic E-state index is 13.5. The molecule has 2 aromatic carbocycles. The van der Waals surface area contributed by atoms with Crippen LogP contribution in [0.2, 0.25) is 0 Å². The predicted molar refractivity (Wildman–Crippen MR) is 265 cm³/mol. The van der Waals surface area contributed by atoms with Gasteiger partial charge in [0.1, 0.15) is 11.6 Å². The first-order valence-electron chi connectivity index (χ1n) is 21.8. The number of anilines is 2. The molecule has 4 aromatic rings. The molecule has 71 heavy (non-hydrogen) atoms. The van der Waals surface area contributed by atoms with Gasteiger partial charge in [0.05, 0.1) is 59.7 Å². The van der Waals surface area contributed by atoms with Gasteiger partial charge in [0.2, 0.25) is 31.9 Å². The molecule has 0 aliphatic carbocycles. The fraction of sp³-hybridized carbons (Fsp3) is 0.447. The first-order chi connectivity index (χ1) is 32.3. The molecule has 2 heterocycles. The minimum absolute atomic E-state index is 0. The van der Waals surface area contributed by atoms with Crippen molar-refractivity contribution in [3.63, 3.8) is 0 Å². The zero-order chi connectivity index (χ0) is 53.4. The Morgan fingerprint density at radius 2 is 0.901 bits per heavy atom. The Labute approximate surface area is 444 Å². The van der Waals surface area contributed by atoms with Crippen LogP contribution in [0.3, 0.4) is 0 Å². The molecule has 0 aliphatic rings. The second kappa shape index (κ2) is 29.2. The number of aromatic nitrogens is 4. The summed E-state index contributed by atoms with van der Waals surface area (Å²) in [6.07, 6.45) is 1.16. The number of hydrogen-bond donors (Lipinski definition) is 5. The molecule has 386 valence electrons. The number of nitrogens with two attached hydrogens (primary N) is 1. The van der Waals surface area contributed by atoms with E-state index < -0.39 is 80.9 Å². The van der Waals surface area contributed by atoms with Crippen molar-refractivity contribution in [3.8, 4) is 22.5 Å². The Morgan fingerprint density at radius 3 is 1.14 bits per heavy atom. The average Bonchev–Trinajstić information content (AvgIpc) is 3.23. The molecule has 0 saturated carbocycles. The van der Waals surface area contributed by atoms with E-state index in [4.69, 9.17) is 5.73 Å². The molecule has 0 spiro atoms. The molecule has 0 aliphatic heterocycles. The van der Waals surface area contributed by atoms with E-state index in [1.165, 1.54) is 86.9 Å². The number of aliphatic carboxylic acids is 2. The van der Waals surface area contributed by atoms with Gasteiger partial charge in [-0.1, -0.05) is 65.8 Å². The minimum atomic E-state index is -3.66. The molecule has 0 radical (unpaired) electrons. The number of carboxylic acids is 2. The Bertz CT molecular complexity index is 2480. The topological polar surface area (TPSA) is 314 Å². The summed E-state index contributed by atoms with van der Waals surface area (Å²) in [4.78, 5) is 38.9. The average molecular weight is 1060 g/mol. The molecule has 2 aromatic heterocycles. The molecule has 0 fully saturated rings. The van der Waals surface area contributed by atoms with Crippen LogP contribution in [-0.4, -0.2) is 164 Å². The Balaban J connectivity index is 0.000000651. The molecule has 6 N–H and O–H groups in total. The molecular weight excluding hydrogens is 997 g/mol. The third kappa shape index (κ3) is 22.0. The normalized spacial score (nSPS) is 13.5. The molecular formula is C47H63CaF2N7O12S2. The van der Waals surface area contributed by atoms with E-state index in [0.717, 1.165) is 21.1 Å². The summed E-state index contributed by atoms with van der Waals surface area (Å²) in [5, 5.41) is 61.1. The second-order valence-corrected chi connectivity index (χ2v) is 21.2. The van der Waals surface area contributed by atoms with E-state index in [1.807, 2.05) is 41.5 Å². The summed E-state index contributed by atoms with van der Waals surface area (Å²) in [6.45, 7) is 11.3. The van der Waals surface area contributed by atoms with Crippen LogP contribution in [0.1, 0.15) is 102 Å². The van der Waals surface area contributed by atoms with Gasteiger partial charge < -0.3 is 46.0 Å². The summed E-state index contributed by atoms with van der Waals surface area (Å²) in [5.74, 6) is -4.28. The first kappa shape index (κ1) is 64.5. The van der Waals surface area contributed by atoms with E-state index in [0.29, 0.717) is 51.1 Å². The number of carbonyl (C=O) groups is 2. The van der Waals surface area contributed by atoms with E-state index >= 15 is 0 Å². The van der Waals surface area contributed by atoms with Gasteiger partial charge in [0, 0.05) is 74.0 Å². The van der Waals surface area contributed by atoms with Gasteiger partial charge in [-0.15, -0.1) is 0 Å². The van der Waals surface area contributed by atoms with Crippen molar-refractivity contribution >= 4 is 93.8 Å². The molecule has 0 saturated heterocycles. The van der Waals surface area contributed by atoms with Crippen LogP contribution in [0.25, 0.3) is 34.7 Å². The third-order valence-corrected chi connectivity index (χ3v) is 11.9. The molecule has 24 heteroatoms. The van der Waals surface area contributed by atoms with Crippen molar-refractivity contribution in [1.29, 1.82) is 0 Å². The van der Waals surface area contributed by atoms with Gasteiger partial charge in [-0.3, -0.25) is 0 Å². The van der Waals surface area contributed by atoms with Gasteiger partial charge in [-0.25, -0.2) is 54.2 Å². The van der Waals surface area contributed by atoms with Crippen molar-refractivity contribution < 1.29 is 65.8 Å². The largest absolute Gasteiger partial charge is 2.00 e. The number of hydrogen-bond acceptors (Lipinski definition) is 17. The fourth-order valence-electron chi connectivity index (χ4n) is 6.07. The van der Waals surface area contributed by atoms with Gasteiger partial charge >= 0.3 is 37.7 Å². The Kier molecular flexibility index (Phi) is 26.5. The molecule has 4 rings (SSSR count). The number of rotatable bonds is 20. The molecule has 0 amide bonds. The van der Waals surface area contributed by atoms with E-state index in [2.05, 4.69) is 19.9 Å². The predicted octanol–water partition coefficient (Wildman–Crippen LogP) is 2.11. The minimum Gasteiger partial charge on any atom is -0.550 e. The summed E-state index contributed by atoms with van der Waals surface area (Å²) in [6, 6.07) is 11.3. The number of carboxylic acid groups (broad SMARTS) is 2. The first-order valence-corrected chi connectivity index (χ1v) is 25.5. The Morgan fingerprint density at radius 1 is 0.620 bits per heavy atom. The zero-order valence-electron chi connectivity index (χ0n) is 41.4. The quantitative estimate of drug-likeness (QED) is 0.0792.